The fourth-order valence-electron chi connectivity index (χ4n) is 3.00. The Hall–Kier alpha value is -3.75. The van der Waals surface area contributed by atoms with Gasteiger partial charge in [0, 0.05) is 18.8 Å². The van der Waals surface area contributed by atoms with Crippen molar-refractivity contribution in [3.63, 3.8) is 0 Å². The number of nitrogens with zero attached hydrogens (tertiary/aromatic N) is 5. The van der Waals surface area contributed by atoms with Crippen molar-refractivity contribution in [3.05, 3.63) is 47.4 Å². The Labute approximate surface area is 192 Å². The predicted octanol–water partition coefficient (Wildman–Crippen LogP) is 3.28. The predicted molar refractivity (Wildman–Crippen MR) is 115 cm³/mol. The zero-order valence-corrected chi connectivity index (χ0v) is 19.2. The van der Waals surface area contributed by atoms with Crippen LogP contribution in [0.15, 0.2) is 30.5 Å². The maximum atomic E-state index is 13.2. The molecule has 0 aliphatic rings. The molecule has 3 heterocycles. The molecule has 182 valence electrons. The molecule has 3 aromatic heterocycles. The quantitative estimate of drug-likeness (QED) is 0.526. The first-order chi connectivity index (χ1) is 15.8. The van der Waals surface area contributed by atoms with Crippen LogP contribution in [0.25, 0.3) is 11.4 Å². The van der Waals surface area contributed by atoms with Crippen LogP contribution in [0.3, 0.4) is 0 Å². The number of aromatic nitrogens is 5. The van der Waals surface area contributed by atoms with Crippen molar-refractivity contribution in [2.45, 2.75) is 26.1 Å². The van der Waals surface area contributed by atoms with Crippen molar-refractivity contribution in [2.24, 2.45) is 7.05 Å². The fourth-order valence-corrected chi connectivity index (χ4v) is 3.62. The first-order valence-corrected chi connectivity index (χ1v) is 11.5. The van der Waals surface area contributed by atoms with E-state index in [0.29, 0.717) is 5.69 Å². The highest BCUT2D eigenvalue weighted by Crippen LogP contribution is 2.34. The number of alkyl halides is 3. The Morgan fingerprint density at radius 2 is 1.94 bits per heavy atom. The second kappa shape index (κ2) is 9.24. The molecule has 0 aromatic carbocycles. The Morgan fingerprint density at radius 3 is 2.56 bits per heavy atom. The van der Waals surface area contributed by atoms with Crippen LogP contribution >= 0.6 is 0 Å². The molecule has 1 unspecified atom stereocenters. The number of amides is 1. The first-order valence-electron chi connectivity index (χ1n) is 9.61. The van der Waals surface area contributed by atoms with Crippen LogP contribution in [0.1, 0.15) is 30.0 Å². The monoisotopic (exact) mass is 499 g/mol. The van der Waals surface area contributed by atoms with E-state index >= 15 is 0 Å². The number of halogens is 3. The highest BCUT2D eigenvalue weighted by molar-refractivity contribution is 7.92. The van der Waals surface area contributed by atoms with Gasteiger partial charge >= 0.3 is 12.3 Å². The number of ether oxygens (including phenoxy) is 1. The molecular weight excluding hydrogens is 479 g/mol. The number of hydrogen-bond donors (Lipinski definition) is 2. The molecule has 3 rings (SSSR count). The lowest BCUT2D eigenvalue weighted by atomic mass is 10.1. The minimum atomic E-state index is -4.72. The third-order valence-electron chi connectivity index (χ3n) is 4.50. The van der Waals surface area contributed by atoms with Gasteiger partial charge < -0.3 is 4.74 Å². The van der Waals surface area contributed by atoms with Gasteiger partial charge in [-0.1, -0.05) is 11.3 Å². The van der Waals surface area contributed by atoms with Gasteiger partial charge in [-0.25, -0.2) is 22.9 Å². The third kappa shape index (κ3) is 5.78. The molecule has 0 saturated carbocycles. The van der Waals surface area contributed by atoms with Crippen molar-refractivity contribution in [3.8, 4) is 11.4 Å². The highest BCUT2D eigenvalue weighted by atomic mass is 32.2. The summed E-state index contributed by atoms with van der Waals surface area (Å²) in [7, 11) is -2.04. The number of rotatable bonds is 6. The van der Waals surface area contributed by atoms with E-state index in [2.05, 4.69) is 30.3 Å². The molecule has 0 saturated heterocycles. The molecule has 0 aliphatic carbocycles. The van der Waals surface area contributed by atoms with Gasteiger partial charge in [0.15, 0.2) is 17.2 Å². The van der Waals surface area contributed by atoms with Gasteiger partial charge in [-0.15, -0.1) is 5.10 Å². The van der Waals surface area contributed by atoms with Crippen LogP contribution in [0, 0.1) is 6.92 Å². The maximum absolute atomic E-state index is 13.2. The van der Waals surface area contributed by atoms with Crippen molar-refractivity contribution in [1.82, 2.24) is 25.0 Å². The lowest BCUT2D eigenvalue weighted by Gasteiger charge is -2.18. The summed E-state index contributed by atoms with van der Waals surface area (Å²) in [6.45, 7) is 2.86. The molecule has 0 radical (unpaired) electrons. The van der Waals surface area contributed by atoms with Crippen molar-refractivity contribution < 1.29 is 31.1 Å². The minimum absolute atomic E-state index is 0.0650. The number of sulfonamides is 1. The number of carbonyl (C=O) groups is 1. The van der Waals surface area contributed by atoms with Crippen LogP contribution < -0.4 is 10.0 Å². The second-order valence-corrected chi connectivity index (χ2v) is 8.97. The summed E-state index contributed by atoms with van der Waals surface area (Å²) in [5.41, 5.74) is -0.458. The van der Waals surface area contributed by atoms with Crippen molar-refractivity contribution >= 4 is 27.6 Å². The van der Waals surface area contributed by atoms with E-state index in [1.165, 1.54) is 42.9 Å². The minimum Gasteiger partial charge on any atom is -0.441 e. The van der Waals surface area contributed by atoms with E-state index in [9.17, 15) is 26.4 Å². The summed E-state index contributed by atoms with van der Waals surface area (Å²) in [6.07, 6.45) is -5.04. The number of aryl methyl sites for hydroxylation is 2. The van der Waals surface area contributed by atoms with Gasteiger partial charge in [0.25, 0.3) is 0 Å². The van der Waals surface area contributed by atoms with Gasteiger partial charge in [0.2, 0.25) is 10.0 Å². The largest absolute Gasteiger partial charge is 0.441 e. The van der Waals surface area contributed by atoms with Crippen molar-refractivity contribution in [2.75, 3.05) is 16.3 Å². The molecule has 34 heavy (non-hydrogen) atoms. The summed E-state index contributed by atoms with van der Waals surface area (Å²) in [6, 6.07) is 5.42. The van der Waals surface area contributed by atoms with E-state index in [4.69, 9.17) is 4.74 Å². The van der Waals surface area contributed by atoms with E-state index in [1.54, 1.807) is 6.92 Å². The molecule has 0 bridgehead atoms. The van der Waals surface area contributed by atoms with Crippen molar-refractivity contribution in [1.29, 1.82) is 0 Å². The molecule has 3 aromatic rings. The Bertz CT molecular complexity index is 1330. The van der Waals surface area contributed by atoms with E-state index in [0.717, 1.165) is 12.5 Å². The SMILES string of the molecule is Cc1nc(-c2nnn(C)c2NC(=O)OC(C)c2cccnc2C(F)(F)F)ccc1NS(C)(=O)=O. The number of carbonyl (C=O) groups excluding carboxylic acids is 1. The third-order valence-corrected chi connectivity index (χ3v) is 5.09. The molecule has 0 aliphatic heterocycles. The van der Waals surface area contributed by atoms with Crippen LogP contribution in [0.2, 0.25) is 0 Å². The normalized spacial score (nSPS) is 12.8. The average molecular weight is 499 g/mol. The van der Waals surface area contributed by atoms with Gasteiger partial charge in [0.1, 0.15) is 6.10 Å². The Balaban J connectivity index is 1.82. The van der Waals surface area contributed by atoms with E-state index in [-0.39, 0.29) is 28.5 Å². The summed E-state index contributed by atoms with van der Waals surface area (Å²) in [5, 5.41) is 10.2. The lowest BCUT2D eigenvalue weighted by molar-refractivity contribution is -0.142. The van der Waals surface area contributed by atoms with Crippen LogP contribution in [-0.2, 0) is 28.0 Å². The topological polar surface area (TPSA) is 141 Å². The fraction of sp³-hybridized carbons (Fsp3) is 0.316. The summed E-state index contributed by atoms with van der Waals surface area (Å²) < 4.78 is 71.2. The molecule has 1 amide bonds. The number of anilines is 2. The van der Waals surface area contributed by atoms with Gasteiger partial charge in [-0.3, -0.25) is 15.0 Å². The zero-order chi connectivity index (χ0) is 25.3. The van der Waals surface area contributed by atoms with E-state index in [1.807, 2.05) is 0 Å². The first kappa shape index (κ1) is 24.9. The van der Waals surface area contributed by atoms with Crippen LogP contribution in [0.4, 0.5) is 29.5 Å². The summed E-state index contributed by atoms with van der Waals surface area (Å²) in [5.74, 6) is 0.0650. The zero-order valence-electron chi connectivity index (χ0n) is 18.4. The Kier molecular flexibility index (Phi) is 6.77. The Morgan fingerprint density at radius 1 is 1.24 bits per heavy atom. The molecule has 0 spiro atoms. The lowest BCUT2D eigenvalue weighted by Crippen LogP contribution is -2.21. The molecule has 1 atom stereocenters. The molecule has 0 fully saturated rings. The maximum Gasteiger partial charge on any atom is 0.433 e. The van der Waals surface area contributed by atoms with Crippen LogP contribution in [-0.4, -0.2) is 45.7 Å². The summed E-state index contributed by atoms with van der Waals surface area (Å²) in [4.78, 5) is 20.1. The molecule has 15 heteroatoms. The second-order valence-electron chi connectivity index (χ2n) is 7.23. The average Bonchev–Trinajstić information content (AvgIpc) is 3.08. The highest BCUT2D eigenvalue weighted by Gasteiger charge is 2.37. The van der Waals surface area contributed by atoms with Gasteiger partial charge in [0.05, 0.1) is 23.3 Å². The number of hydrogen-bond acceptors (Lipinski definition) is 8. The molecule has 11 nitrogen and oxygen atoms in total. The number of nitrogens with one attached hydrogen (secondary N) is 2. The summed E-state index contributed by atoms with van der Waals surface area (Å²) >= 11 is 0. The smallest absolute Gasteiger partial charge is 0.433 e. The van der Waals surface area contributed by atoms with E-state index < -0.39 is 34.1 Å². The number of pyridine rings is 2. The molecular formula is C19H20F3N7O4S. The van der Waals surface area contributed by atoms with Gasteiger partial charge in [-0.2, -0.15) is 13.2 Å². The molecule has 2 N–H and O–H groups in total. The standard InChI is InChI=1S/C19H20F3N7O4S/c1-10-13(27-34(4,31)32)7-8-14(24-10)15-17(29(3)28-26-15)25-18(30)33-11(2)12-6-5-9-23-16(12)19(20,21)22/h5-9,11,27H,1-4H3,(H,25,30). The van der Waals surface area contributed by atoms with Gasteiger partial charge in [-0.05, 0) is 32.0 Å². The van der Waals surface area contributed by atoms with Crippen LogP contribution in [0.5, 0.6) is 0 Å².